The lowest BCUT2D eigenvalue weighted by Crippen LogP contribution is -2.54. The number of hydrogen-bond acceptors (Lipinski definition) is 4. The molecule has 1 saturated carbocycles. The first-order valence-corrected chi connectivity index (χ1v) is 11.0. The van der Waals surface area contributed by atoms with Crippen LogP contribution in [-0.4, -0.2) is 32.1 Å². The Labute approximate surface area is 187 Å². The van der Waals surface area contributed by atoms with Crippen LogP contribution in [0.3, 0.4) is 0 Å². The Morgan fingerprint density at radius 3 is 2.41 bits per heavy atom. The molecule has 0 bridgehead atoms. The highest BCUT2D eigenvalue weighted by Crippen LogP contribution is 2.42. The molecule has 1 heterocycles. The van der Waals surface area contributed by atoms with Crippen LogP contribution in [0.25, 0.3) is 0 Å². The van der Waals surface area contributed by atoms with Crippen molar-refractivity contribution in [3.63, 3.8) is 0 Å². The summed E-state index contributed by atoms with van der Waals surface area (Å²) in [6.45, 7) is 0. The summed E-state index contributed by atoms with van der Waals surface area (Å²) in [4.78, 5) is 25.9. The van der Waals surface area contributed by atoms with Crippen LogP contribution in [-0.2, 0) is 15.0 Å². The number of rotatable bonds is 6. The summed E-state index contributed by atoms with van der Waals surface area (Å²) in [5.41, 5.74) is 1.01. The van der Waals surface area contributed by atoms with Crippen LogP contribution in [0, 0.1) is 5.82 Å². The first kappa shape index (κ1) is 22.1. The van der Waals surface area contributed by atoms with Gasteiger partial charge in [-0.25, -0.2) is 4.39 Å². The molecule has 2 amide bonds. The molecule has 0 aromatic heterocycles. The Morgan fingerprint density at radius 1 is 1.06 bits per heavy atom. The lowest BCUT2D eigenvalue weighted by Gasteiger charge is -2.37. The molecule has 7 heteroatoms. The van der Waals surface area contributed by atoms with Crippen molar-refractivity contribution in [3.8, 4) is 11.5 Å². The highest BCUT2D eigenvalue weighted by molar-refractivity contribution is 5.89. The summed E-state index contributed by atoms with van der Waals surface area (Å²) >= 11 is 0. The average Bonchev–Trinajstić information content (AvgIpc) is 3.31. The Kier molecular flexibility index (Phi) is 6.35. The molecule has 0 spiro atoms. The summed E-state index contributed by atoms with van der Waals surface area (Å²) in [5, 5.41) is 6.26. The number of amides is 2. The quantitative estimate of drug-likeness (QED) is 0.717. The molecule has 2 aliphatic rings. The van der Waals surface area contributed by atoms with Gasteiger partial charge < -0.3 is 20.1 Å². The van der Waals surface area contributed by atoms with Crippen molar-refractivity contribution in [3.05, 3.63) is 59.4 Å². The number of ether oxygens (including phenoxy) is 2. The van der Waals surface area contributed by atoms with Gasteiger partial charge in [0.25, 0.3) is 0 Å². The summed E-state index contributed by atoms with van der Waals surface area (Å²) < 4.78 is 24.2. The van der Waals surface area contributed by atoms with E-state index in [0.717, 1.165) is 36.8 Å². The summed E-state index contributed by atoms with van der Waals surface area (Å²) in [6, 6.07) is 11.1. The minimum absolute atomic E-state index is 0.0515. The molecular weight excluding hydrogens is 411 g/mol. The second-order valence-electron chi connectivity index (χ2n) is 8.57. The van der Waals surface area contributed by atoms with Crippen molar-refractivity contribution in [1.29, 1.82) is 0 Å². The molecule has 6 nitrogen and oxygen atoms in total. The normalized spacial score (nSPS) is 22.2. The van der Waals surface area contributed by atoms with Gasteiger partial charge in [-0.1, -0.05) is 31.0 Å². The van der Waals surface area contributed by atoms with E-state index in [1.165, 1.54) is 12.1 Å². The predicted octanol–water partition coefficient (Wildman–Crippen LogP) is 3.79. The van der Waals surface area contributed by atoms with Crippen LogP contribution in [0.4, 0.5) is 4.39 Å². The van der Waals surface area contributed by atoms with Gasteiger partial charge in [0.05, 0.1) is 31.7 Å². The average molecular weight is 441 g/mol. The molecule has 170 valence electrons. The number of piperidine rings is 1. The van der Waals surface area contributed by atoms with Crippen LogP contribution in [0.15, 0.2) is 42.5 Å². The third-order valence-corrected chi connectivity index (χ3v) is 6.77. The first-order valence-electron chi connectivity index (χ1n) is 11.0. The molecule has 2 aromatic carbocycles. The van der Waals surface area contributed by atoms with Crippen LogP contribution in [0.1, 0.15) is 55.7 Å². The second-order valence-corrected chi connectivity index (χ2v) is 8.57. The van der Waals surface area contributed by atoms with Crippen molar-refractivity contribution < 1.29 is 23.5 Å². The second kappa shape index (κ2) is 9.18. The highest BCUT2D eigenvalue weighted by atomic mass is 19.1. The van der Waals surface area contributed by atoms with E-state index in [1.54, 1.807) is 32.4 Å². The predicted molar refractivity (Wildman–Crippen MR) is 118 cm³/mol. The zero-order valence-corrected chi connectivity index (χ0v) is 18.4. The van der Waals surface area contributed by atoms with E-state index < -0.39 is 5.41 Å². The van der Waals surface area contributed by atoms with Gasteiger partial charge in [-0.05, 0) is 54.7 Å². The van der Waals surface area contributed by atoms with Crippen molar-refractivity contribution in [2.45, 2.75) is 56.0 Å². The topological polar surface area (TPSA) is 76.7 Å². The smallest absolute Gasteiger partial charge is 0.230 e. The maximum atomic E-state index is 13.6. The van der Waals surface area contributed by atoms with Gasteiger partial charge >= 0.3 is 0 Å². The molecule has 2 aromatic rings. The zero-order valence-electron chi connectivity index (χ0n) is 18.4. The van der Waals surface area contributed by atoms with Crippen molar-refractivity contribution in [2.24, 2.45) is 0 Å². The highest BCUT2D eigenvalue weighted by Gasteiger charge is 2.44. The van der Waals surface area contributed by atoms with Crippen molar-refractivity contribution in [1.82, 2.24) is 10.6 Å². The van der Waals surface area contributed by atoms with Gasteiger partial charge in [-0.2, -0.15) is 0 Å². The maximum Gasteiger partial charge on any atom is 0.230 e. The van der Waals surface area contributed by atoms with Crippen LogP contribution in [0.5, 0.6) is 11.5 Å². The third-order valence-electron chi connectivity index (χ3n) is 6.77. The number of carbonyl (C=O) groups excluding carboxylic acids is 2. The van der Waals surface area contributed by atoms with E-state index in [4.69, 9.17) is 9.47 Å². The molecule has 1 aliphatic carbocycles. The minimum atomic E-state index is -0.669. The largest absolute Gasteiger partial charge is 0.493 e. The Balaban J connectivity index is 1.61. The van der Waals surface area contributed by atoms with Crippen LogP contribution < -0.4 is 20.1 Å². The Morgan fingerprint density at radius 2 is 1.75 bits per heavy atom. The van der Waals surface area contributed by atoms with E-state index in [1.807, 2.05) is 12.1 Å². The number of nitrogens with one attached hydrogen (secondary N) is 2. The fourth-order valence-electron chi connectivity index (χ4n) is 5.02. The Bertz CT molecular complexity index is 986. The van der Waals surface area contributed by atoms with Crippen LogP contribution >= 0.6 is 0 Å². The number of benzene rings is 2. The number of hydrogen-bond donors (Lipinski definition) is 2. The first-order chi connectivity index (χ1) is 15.5. The lowest BCUT2D eigenvalue weighted by molar-refractivity contribution is -0.130. The minimum Gasteiger partial charge on any atom is -0.493 e. The van der Waals surface area contributed by atoms with Gasteiger partial charge in [0.15, 0.2) is 11.5 Å². The lowest BCUT2D eigenvalue weighted by atomic mass is 9.77. The Hall–Kier alpha value is -3.09. The van der Waals surface area contributed by atoms with Gasteiger partial charge in [0.2, 0.25) is 11.8 Å². The molecule has 32 heavy (non-hydrogen) atoms. The standard InChI is InChI=1S/C25H29FN2O4/c1-31-20-11-5-16(15-21(20)32-2)23-19(10-12-22(29)28-23)27-24(30)25(13-3-4-14-25)17-6-8-18(26)9-7-17/h5-9,11,15,19,23H,3-4,10,12-14H2,1-2H3,(H,27,30)(H,28,29). The van der Waals surface area contributed by atoms with Crippen molar-refractivity contribution >= 4 is 11.8 Å². The maximum absolute atomic E-state index is 13.6. The summed E-state index contributed by atoms with van der Waals surface area (Å²) in [5.74, 6) is 0.733. The molecule has 2 fully saturated rings. The number of halogens is 1. The van der Waals surface area contributed by atoms with Crippen LogP contribution in [0.2, 0.25) is 0 Å². The number of carbonyl (C=O) groups is 2. The molecule has 2 N–H and O–H groups in total. The molecule has 1 saturated heterocycles. The molecule has 2 atom stereocenters. The van der Waals surface area contributed by atoms with Crippen molar-refractivity contribution in [2.75, 3.05) is 14.2 Å². The monoisotopic (exact) mass is 440 g/mol. The molecule has 4 rings (SSSR count). The molecule has 1 aliphatic heterocycles. The van der Waals surface area contributed by atoms with Gasteiger partial charge in [0, 0.05) is 6.42 Å². The fraction of sp³-hybridized carbons (Fsp3) is 0.440. The van der Waals surface area contributed by atoms with Gasteiger partial charge in [0.1, 0.15) is 5.82 Å². The molecule has 2 unspecified atom stereocenters. The molecule has 0 radical (unpaired) electrons. The van der Waals surface area contributed by atoms with Gasteiger partial charge in [-0.3, -0.25) is 9.59 Å². The van der Waals surface area contributed by atoms with E-state index in [2.05, 4.69) is 10.6 Å². The van der Waals surface area contributed by atoms with E-state index in [9.17, 15) is 14.0 Å². The SMILES string of the molecule is COc1ccc(C2NC(=O)CCC2NC(=O)C2(c3ccc(F)cc3)CCCC2)cc1OC. The fourth-order valence-corrected chi connectivity index (χ4v) is 5.02. The van der Waals surface area contributed by atoms with E-state index in [-0.39, 0.29) is 29.7 Å². The molecular formula is C25H29FN2O4. The third kappa shape index (κ3) is 4.16. The summed E-state index contributed by atoms with van der Waals surface area (Å²) in [7, 11) is 3.13. The van der Waals surface area contributed by atoms with Gasteiger partial charge in [-0.15, -0.1) is 0 Å². The summed E-state index contributed by atoms with van der Waals surface area (Å²) in [6.07, 6.45) is 4.24. The number of methoxy groups -OCH3 is 2. The van der Waals surface area contributed by atoms with E-state index in [0.29, 0.717) is 24.3 Å². The van der Waals surface area contributed by atoms with E-state index >= 15 is 0 Å². The zero-order chi connectivity index (χ0) is 22.7.